The molecule has 3 aliphatic rings. The van der Waals surface area contributed by atoms with Gasteiger partial charge in [-0.2, -0.15) is 0 Å². The molecule has 0 unspecified atom stereocenters. The molecule has 118 valence electrons. The van der Waals surface area contributed by atoms with Crippen molar-refractivity contribution in [3.63, 3.8) is 0 Å². The van der Waals surface area contributed by atoms with Crippen molar-refractivity contribution in [2.24, 2.45) is 11.8 Å². The molecular formula is C16H14N2O5. The second-order valence-electron chi connectivity index (χ2n) is 6.37. The minimum Gasteiger partial charge on any atom is -0.362 e. The fourth-order valence-electron chi connectivity index (χ4n) is 3.84. The Kier molecular flexibility index (Phi) is 2.61. The third kappa shape index (κ3) is 1.68. The van der Waals surface area contributed by atoms with Gasteiger partial charge in [0.25, 0.3) is 5.69 Å². The lowest BCUT2D eigenvalue weighted by Crippen LogP contribution is -2.38. The molecule has 4 atom stereocenters. The van der Waals surface area contributed by atoms with Gasteiger partial charge in [-0.3, -0.25) is 19.7 Å². The smallest absolute Gasteiger partial charge is 0.274 e. The van der Waals surface area contributed by atoms with Crippen LogP contribution >= 0.6 is 0 Å². The number of hydrogen-bond donors (Lipinski definition) is 0. The second-order valence-corrected chi connectivity index (χ2v) is 6.37. The van der Waals surface area contributed by atoms with Gasteiger partial charge in [-0.25, -0.2) is 4.90 Å². The SMILES string of the molecule is Cc1ccc(N2C(=O)[C@@H]3[C@@H]4C=C[C@@](C)(O4)[C@@H]3C2=O)cc1[N+](=O)[O-]. The molecule has 0 radical (unpaired) electrons. The highest BCUT2D eigenvalue weighted by Crippen LogP contribution is 2.52. The lowest BCUT2D eigenvalue weighted by Gasteiger charge is -2.24. The molecule has 3 heterocycles. The first-order valence-electron chi connectivity index (χ1n) is 7.33. The van der Waals surface area contributed by atoms with Gasteiger partial charge in [0.15, 0.2) is 0 Å². The summed E-state index contributed by atoms with van der Waals surface area (Å²) in [6, 6.07) is 4.40. The van der Waals surface area contributed by atoms with E-state index in [0.717, 1.165) is 4.90 Å². The fraction of sp³-hybridized carbons (Fsp3) is 0.375. The zero-order chi connectivity index (χ0) is 16.5. The largest absolute Gasteiger partial charge is 0.362 e. The van der Waals surface area contributed by atoms with Crippen LogP contribution in [0, 0.1) is 28.9 Å². The number of nitro benzene ring substituents is 1. The van der Waals surface area contributed by atoms with Gasteiger partial charge in [0.2, 0.25) is 11.8 Å². The molecule has 2 saturated heterocycles. The van der Waals surface area contributed by atoms with Crippen molar-refractivity contribution in [3.05, 3.63) is 46.0 Å². The minimum atomic E-state index is -0.770. The standard InChI is InChI=1S/C16H14N2O5/c1-8-3-4-9(7-10(8)18(21)22)17-14(19)12-11-5-6-16(2,23-11)13(12)15(17)20/h3-7,11-13H,1-2H3/t11-,12+,13-,16+/m0/s1. The van der Waals surface area contributed by atoms with Crippen LogP contribution in [0.15, 0.2) is 30.4 Å². The van der Waals surface area contributed by atoms with Crippen LogP contribution in [-0.2, 0) is 14.3 Å². The lowest BCUT2D eigenvalue weighted by molar-refractivity contribution is -0.385. The van der Waals surface area contributed by atoms with Gasteiger partial charge < -0.3 is 4.74 Å². The van der Waals surface area contributed by atoms with Gasteiger partial charge in [-0.1, -0.05) is 18.2 Å². The quantitative estimate of drug-likeness (QED) is 0.359. The van der Waals surface area contributed by atoms with E-state index in [9.17, 15) is 19.7 Å². The summed E-state index contributed by atoms with van der Waals surface area (Å²) < 4.78 is 5.75. The summed E-state index contributed by atoms with van der Waals surface area (Å²) in [6.45, 7) is 3.41. The number of imide groups is 1. The third-order valence-electron chi connectivity index (χ3n) is 4.98. The van der Waals surface area contributed by atoms with Crippen molar-refractivity contribution >= 4 is 23.2 Å². The highest BCUT2D eigenvalue weighted by atomic mass is 16.6. The number of nitro groups is 1. The van der Waals surface area contributed by atoms with Gasteiger partial charge in [0.1, 0.15) is 0 Å². The second kappa shape index (κ2) is 4.26. The first kappa shape index (κ1) is 14.1. The van der Waals surface area contributed by atoms with Crippen molar-refractivity contribution in [1.29, 1.82) is 0 Å². The number of rotatable bonds is 2. The van der Waals surface area contributed by atoms with Crippen LogP contribution < -0.4 is 4.90 Å². The van der Waals surface area contributed by atoms with Crippen molar-refractivity contribution in [2.45, 2.75) is 25.6 Å². The predicted molar refractivity (Wildman–Crippen MR) is 79.7 cm³/mol. The van der Waals surface area contributed by atoms with Gasteiger partial charge in [0, 0.05) is 11.6 Å². The Bertz CT molecular complexity index is 802. The maximum Gasteiger partial charge on any atom is 0.274 e. The van der Waals surface area contributed by atoms with Crippen LogP contribution in [0.2, 0.25) is 0 Å². The summed E-state index contributed by atoms with van der Waals surface area (Å²) in [5, 5.41) is 11.1. The first-order chi connectivity index (χ1) is 10.8. The minimum absolute atomic E-state index is 0.108. The van der Waals surface area contributed by atoms with Crippen LogP contribution in [0.1, 0.15) is 12.5 Å². The molecule has 4 rings (SSSR count). The van der Waals surface area contributed by atoms with E-state index in [2.05, 4.69) is 0 Å². The maximum atomic E-state index is 12.8. The van der Waals surface area contributed by atoms with Gasteiger partial charge in [-0.15, -0.1) is 0 Å². The summed E-state index contributed by atoms with van der Waals surface area (Å²) in [7, 11) is 0. The molecule has 0 spiro atoms. The Morgan fingerprint density at radius 1 is 1.30 bits per heavy atom. The van der Waals surface area contributed by atoms with Crippen molar-refractivity contribution in [2.75, 3.05) is 4.90 Å². The molecule has 2 fully saturated rings. The van der Waals surface area contributed by atoms with Crippen LogP contribution in [0.5, 0.6) is 0 Å². The van der Waals surface area contributed by atoms with Crippen molar-refractivity contribution < 1.29 is 19.2 Å². The fourth-order valence-corrected chi connectivity index (χ4v) is 3.84. The van der Waals surface area contributed by atoms with E-state index in [4.69, 9.17) is 4.74 Å². The third-order valence-corrected chi connectivity index (χ3v) is 4.98. The normalized spacial score (nSPS) is 34.3. The van der Waals surface area contributed by atoms with E-state index in [1.54, 1.807) is 26.0 Å². The Balaban J connectivity index is 1.78. The van der Waals surface area contributed by atoms with Crippen molar-refractivity contribution in [1.82, 2.24) is 0 Å². The Labute approximate surface area is 131 Å². The molecule has 1 aromatic rings. The molecule has 2 amide bonds. The van der Waals surface area contributed by atoms with E-state index >= 15 is 0 Å². The number of carbonyl (C=O) groups excluding carboxylic acids is 2. The average molecular weight is 314 g/mol. The number of aryl methyl sites for hydroxylation is 1. The monoisotopic (exact) mass is 314 g/mol. The first-order valence-corrected chi connectivity index (χ1v) is 7.33. The maximum absolute atomic E-state index is 12.8. The number of anilines is 1. The zero-order valence-corrected chi connectivity index (χ0v) is 12.6. The molecule has 0 N–H and O–H groups in total. The van der Waals surface area contributed by atoms with Gasteiger partial charge in [-0.05, 0) is 19.9 Å². The molecular weight excluding hydrogens is 300 g/mol. The van der Waals surface area contributed by atoms with Crippen molar-refractivity contribution in [3.8, 4) is 0 Å². The summed E-state index contributed by atoms with van der Waals surface area (Å²) in [4.78, 5) is 37.2. The number of nitrogens with zero attached hydrogens (tertiary/aromatic N) is 2. The number of fused-ring (bicyclic) bond motifs is 5. The van der Waals surface area contributed by atoms with Crippen LogP contribution in [-0.4, -0.2) is 28.4 Å². The Hall–Kier alpha value is -2.54. The molecule has 7 nitrogen and oxygen atoms in total. The Morgan fingerprint density at radius 2 is 2.04 bits per heavy atom. The number of hydrogen-bond acceptors (Lipinski definition) is 5. The molecule has 2 bridgehead atoms. The van der Waals surface area contributed by atoms with Gasteiger partial charge in [0.05, 0.1) is 34.2 Å². The molecule has 23 heavy (non-hydrogen) atoms. The highest BCUT2D eigenvalue weighted by Gasteiger charge is 2.66. The van der Waals surface area contributed by atoms with E-state index < -0.39 is 28.5 Å². The number of ether oxygens (including phenoxy) is 1. The molecule has 0 saturated carbocycles. The zero-order valence-electron chi connectivity index (χ0n) is 12.6. The number of benzene rings is 1. The summed E-state index contributed by atoms with van der Waals surface area (Å²) >= 11 is 0. The van der Waals surface area contributed by atoms with E-state index in [-0.39, 0.29) is 23.2 Å². The van der Waals surface area contributed by atoms with Crippen LogP contribution in [0.3, 0.4) is 0 Å². The average Bonchev–Trinajstić information content (AvgIpc) is 3.09. The van der Waals surface area contributed by atoms with Crippen LogP contribution in [0.4, 0.5) is 11.4 Å². The van der Waals surface area contributed by atoms with E-state index in [1.165, 1.54) is 6.07 Å². The van der Waals surface area contributed by atoms with E-state index in [0.29, 0.717) is 5.56 Å². The molecule has 1 aromatic carbocycles. The number of amides is 2. The predicted octanol–water partition coefficient (Wildman–Crippen LogP) is 1.74. The Morgan fingerprint density at radius 3 is 2.70 bits per heavy atom. The highest BCUT2D eigenvalue weighted by molar-refractivity contribution is 6.23. The number of carbonyl (C=O) groups is 2. The van der Waals surface area contributed by atoms with E-state index in [1.807, 2.05) is 12.2 Å². The molecule has 0 aliphatic carbocycles. The topological polar surface area (TPSA) is 89.8 Å². The summed E-state index contributed by atoms with van der Waals surface area (Å²) in [5.41, 5.74) is -0.151. The molecule has 3 aliphatic heterocycles. The van der Waals surface area contributed by atoms with Crippen LogP contribution in [0.25, 0.3) is 0 Å². The summed E-state index contributed by atoms with van der Waals surface area (Å²) in [6.07, 6.45) is 3.24. The molecule has 7 heteroatoms. The summed E-state index contributed by atoms with van der Waals surface area (Å²) in [5.74, 6) is -1.81. The van der Waals surface area contributed by atoms with Gasteiger partial charge >= 0.3 is 0 Å². The lowest BCUT2D eigenvalue weighted by atomic mass is 9.78. The molecule has 0 aromatic heterocycles.